The molecule has 0 saturated heterocycles. The van der Waals surface area contributed by atoms with Gasteiger partial charge in [-0.25, -0.2) is 0 Å². The van der Waals surface area contributed by atoms with E-state index in [-0.39, 0.29) is 11.9 Å². The van der Waals surface area contributed by atoms with Crippen LogP contribution in [0.5, 0.6) is 0 Å². The van der Waals surface area contributed by atoms with Crippen molar-refractivity contribution in [1.29, 1.82) is 0 Å². The minimum absolute atomic E-state index is 0.173. The zero-order valence-electron chi connectivity index (χ0n) is 7.10. The molecular weight excluding hydrogens is 164 g/mol. The Bertz CT molecular complexity index is 115. The number of carbonyl (C=O) groups excluding carboxylic acids is 1. The van der Waals surface area contributed by atoms with Crippen molar-refractivity contribution in [2.75, 3.05) is 12.5 Å². The molecule has 0 amide bonds. The van der Waals surface area contributed by atoms with E-state index in [4.69, 9.17) is 16.3 Å². The SMILES string of the molecule is CCCCOC(=O)C(C)CCl. The second-order valence-corrected chi connectivity index (χ2v) is 2.89. The summed E-state index contributed by atoms with van der Waals surface area (Å²) in [4.78, 5) is 10.9. The maximum atomic E-state index is 10.9. The van der Waals surface area contributed by atoms with Crippen molar-refractivity contribution in [3.05, 3.63) is 0 Å². The number of rotatable bonds is 5. The van der Waals surface area contributed by atoms with Gasteiger partial charge in [0.1, 0.15) is 0 Å². The Balaban J connectivity index is 3.36. The van der Waals surface area contributed by atoms with Crippen LogP contribution in [-0.4, -0.2) is 18.5 Å². The number of hydrogen-bond acceptors (Lipinski definition) is 2. The van der Waals surface area contributed by atoms with E-state index in [0.29, 0.717) is 12.5 Å². The van der Waals surface area contributed by atoms with Crippen molar-refractivity contribution in [3.8, 4) is 0 Å². The third-order valence-electron chi connectivity index (χ3n) is 1.38. The first kappa shape index (κ1) is 10.8. The molecule has 0 saturated carbocycles. The normalized spacial score (nSPS) is 12.6. The van der Waals surface area contributed by atoms with Gasteiger partial charge < -0.3 is 4.74 Å². The molecule has 1 atom stereocenters. The highest BCUT2D eigenvalue weighted by molar-refractivity contribution is 6.19. The van der Waals surface area contributed by atoms with Crippen LogP contribution < -0.4 is 0 Å². The van der Waals surface area contributed by atoms with E-state index in [2.05, 4.69) is 6.92 Å². The Labute approximate surface area is 72.9 Å². The van der Waals surface area contributed by atoms with Crippen LogP contribution in [0.4, 0.5) is 0 Å². The molecule has 66 valence electrons. The molecule has 0 aromatic heterocycles. The number of esters is 1. The first-order valence-corrected chi connectivity index (χ1v) is 4.48. The molecule has 11 heavy (non-hydrogen) atoms. The lowest BCUT2D eigenvalue weighted by atomic mass is 10.2. The van der Waals surface area contributed by atoms with Crippen LogP contribution in [0.15, 0.2) is 0 Å². The highest BCUT2D eigenvalue weighted by Crippen LogP contribution is 2.01. The van der Waals surface area contributed by atoms with Gasteiger partial charge in [0, 0.05) is 5.88 Å². The van der Waals surface area contributed by atoms with Gasteiger partial charge in [0.15, 0.2) is 0 Å². The average Bonchev–Trinajstić information content (AvgIpc) is 2.03. The summed E-state index contributed by atoms with van der Waals surface area (Å²) in [7, 11) is 0. The maximum Gasteiger partial charge on any atom is 0.309 e. The summed E-state index contributed by atoms with van der Waals surface area (Å²) in [6.45, 7) is 4.34. The van der Waals surface area contributed by atoms with Gasteiger partial charge in [-0.05, 0) is 6.42 Å². The van der Waals surface area contributed by atoms with Gasteiger partial charge in [-0.3, -0.25) is 4.79 Å². The van der Waals surface area contributed by atoms with Crippen LogP contribution in [0.3, 0.4) is 0 Å². The lowest BCUT2D eigenvalue weighted by Crippen LogP contribution is -2.16. The Morgan fingerprint density at radius 2 is 2.27 bits per heavy atom. The second-order valence-electron chi connectivity index (χ2n) is 2.58. The second kappa shape index (κ2) is 6.47. The van der Waals surface area contributed by atoms with Gasteiger partial charge >= 0.3 is 5.97 Å². The van der Waals surface area contributed by atoms with Crippen LogP contribution in [-0.2, 0) is 9.53 Å². The molecule has 0 aliphatic carbocycles. The summed E-state index contributed by atoms with van der Waals surface area (Å²) in [6.07, 6.45) is 1.98. The molecule has 1 unspecified atom stereocenters. The fourth-order valence-corrected chi connectivity index (χ4v) is 0.648. The molecule has 0 spiro atoms. The number of hydrogen-bond donors (Lipinski definition) is 0. The molecule has 0 aliphatic heterocycles. The Kier molecular flexibility index (Phi) is 6.33. The Morgan fingerprint density at radius 1 is 1.64 bits per heavy atom. The van der Waals surface area contributed by atoms with Crippen LogP contribution in [0, 0.1) is 5.92 Å². The molecule has 0 aromatic carbocycles. The van der Waals surface area contributed by atoms with Gasteiger partial charge in [0.05, 0.1) is 12.5 Å². The molecule has 0 fully saturated rings. The minimum atomic E-state index is -0.187. The van der Waals surface area contributed by atoms with E-state index in [1.54, 1.807) is 6.92 Å². The molecule has 2 nitrogen and oxygen atoms in total. The molecule has 0 radical (unpaired) electrons. The van der Waals surface area contributed by atoms with Gasteiger partial charge in [-0.2, -0.15) is 0 Å². The lowest BCUT2D eigenvalue weighted by Gasteiger charge is -2.06. The Morgan fingerprint density at radius 3 is 2.73 bits per heavy atom. The molecule has 0 N–H and O–H groups in total. The first-order chi connectivity index (χ1) is 5.22. The smallest absolute Gasteiger partial charge is 0.309 e. The highest BCUT2D eigenvalue weighted by atomic mass is 35.5. The predicted molar refractivity (Wildman–Crippen MR) is 45.8 cm³/mol. The predicted octanol–water partition coefficient (Wildman–Crippen LogP) is 2.20. The van der Waals surface area contributed by atoms with Crippen molar-refractivity contribution in [1.82, 2.24) is 0 Å². The van der Waals surface area contributed by atoms with Crippen LogP contribution in [0.1, 0.15) is 26.7 Å². The fraction of sp³-hybridized carbons (Fsp3) is 0.875. The maximum absolute atomic E-state index is 10.9. The zero-order valence-corrected chi connectivity index (χ0v) is 7.86. The zero-order chi connectivity index (χ0) is 8.69. The summed E-state index contributed by atoms with van der Waals surface area (Å²) < 4.78 is 4.91. The van der Waals surface area contributed by atoms with E-state index in [0.717, 1.165) is 12.8 Å². The average molecular weight is 179 g/mol. The molecule has 0 aliphatic rings. The third kappa shape index (κ3) is 5.08. The molecule has 0 heterocycles. The number of carbonyl (C=O) groups is 1. The van der Waals surface area contributed by atoms with E-state index in [1.165, 1.54) is 0 Å². The van der Waals surface area contributed by atoms with Crippen molar-refractivity contribution in [3.63, 3.8) is 0 Å². The third-order valence-corrected chi connectivity index (χ3v) is 1.84. The summed E-state index contributed by atoms with van der Waals surface area (Å²) in [6, 6.07) is 0. The highest BCUT2D eigenvalue weighted by Gasteiger charge is 2.11. The fourth-order valence-electron chi connectivity index (χ4n) is 0.522. The van der Waals surface area contributed by atoms with Crippen molar-refractivity contribution in [2.24, 2.45) is 5.92 Å². The molecule has 0 bridgehead atoms. The first-order valence-electron chi connectivity index (χ1n) is 3.95. The summed E-state index contributed by atoms with van der Waals surface area (Å²) in [5, 5.41) is 0. The summed E-state index contributed by atoms with van der Waals surface area (Å²) in [5.74, 6) is -0.0210. The standard InChI is InChI=1S/C8H15ClO2/c1-3-4-5-11-8(10)7(2)6-9/h7H,3-6H2,1-2H3. The topological polar surface area (TPSA) is 26.3 Å². The number of ether oxygens (including phenoxy) is 1. The van der Waals surface area contributed by atoms with E-state index < -0.39 is 0 Å². The van der Waals surface area contributed by atoms with E-state index in [1.807, 2.05) is 0 Å². The summed E-state index contributed by atoms with van der Waals surface area (Å²) in [5.41, 5.74) is 0. The van der Waals surface area contributed by atoms with E-state index in [9.17, 15) is 4.79 Å². The van der Waals surface area contributed by atoms with Gasteiger partial charge in [-0.1, -0.05) is 20.3 Å². The monoisotopic (exact) mass is 178 g/mol. The number of unbranched alkanes of at least 4 members (excludes halogenated alkanes) is 1. The van der Waals surface area contributed by atoms with Crippen molar-refractivity contribution >= 4 is 17.6 Å². The van der Waals surface area contributed by atoms with Crippen LogP contribution in [0.25, 0.3) is 0 Å². The number of halogens is 1. The van der Waals surface area contributed by atoms with Crippen molar-refractivity contribution in [2.45, 2.75) is 26.7 Å². The lowest BCUT2D eigenvalue weighted by molar-refractivity contribution is -0.147. The Hall–Kier alpha value is -0.240. The molecule has 0 rings (SSSR count). The molecule has 0 aromatic rings. The quantitative estimate of drug-likeness (QED) is 0.367. The van der Waals surface area contributed by atoms with Gasteiger partial charge in [-0.15, -0.1) is 11.6 Å². The number of alkyl halides is 1. The van der Waals surface area contributed by atoms with Gasteiger partial charge in [0.2, 0.25) is 0 Å². The van der Waals surface area contributed by atoms with Crippen molar-refractivity contribution < 1.29 is 9.53 Å². The molecule has 3 heteroatoms. The summed E-state index contributed by atoms with van der Waals surface area (Å²) >= 11 is 5.46. The van der Waals surface area contributed by atoms with Gasteiger partial charge in [0.25, 0.3) is 0 Å². The van der Waals surface area contributed by atoms with Crippen LogP contribution in [0.2, 0.25) is 0 Å². The largest absolute Gasteiger partial charge is 0.465 e. The van der Waals surface area contributed by atoms with Crippen LogP contribution >= 0.6 is 11.6 Å². The molecular formula is C8H15ClO2. The minimum Gasteiger partial charge on any atom is -0.465 e. The van der Waals surface area contributed by atoms with E-state index >= 15 is 0 Å².